The van der Waals surface area contributed by atoms with Crippen LogP contribution < -0.4 is 15.4 Å². The summed E-state index contributed by atoms with van der Waals surface area (Å²) in [6.07, 6.45) is -1.15. The Kier molecular flexibility index (Phi) is 6.78. The molecule has 1 heterocycles. The largest absolute Gasteiger partial charge is 0.486 e. The summed E-state index contributed by atoms with van der Waals surface area (Å²) in [5.41, 5.74) is 0. The minimum absolute atomic E-state index is 0.0608. The number of esters is 1. The second-order valence-electron chi connectivity index (χ2n) is 5.26. The highest BCUT2D eigenvalue weighted by Gasteiger charge is 2.22. The van der Waals surface area contributed by atoms with Crippen molar-refractivity contribution in [1.29, 1.82) is 0 Å². The van der Waals surface area contributed by atoms with Crippen LogP contribution in [0.2, 0.25) is 0 Å². The maximum atomic E-state index is 12.0. The van der Waals surface area contributed by atoms with Gasteiger partial charge in [0.05, 0.1) is 0 Å². The molecule has 0 saturated carbocycles. The molecule has 1 unspecified atom stereocenters. The number of furan rings is 1. The smallest absolute Gasteiger partial charge is 0.375 e. The SMILES string of the molecule is CCNC(=O)NC(=O)C(C)OC(=O)c1ccc(COc2ccccc2)o1. The molecule has 3 amide bonds. The molecule has 138 valence electrons. The molecule has 0 radical (unpaired) electrons. The summed E-state index contributed by atoms with van der Waals surface area (Å²) >= 11 is 0. The quantitative estimate of drug-likeness (QED) is 0.734. The third-order valence-electron chi connectivity index (χ3n) is 3.21. The molecule has 0 aliphatic rings. The summed E-state index contributed by atoms with van der Waals surface area (Å²) in [4.78, 5) is 35.1. The van der Waals surface area contributed by atoms with Crippen molar-refractivity contribution in [1.82, 2.24) is 10.6 Å². The summed E-state index contributed by atoms with van der Waals surface area (Å²) < 4.78 is 15.9. The van der Waals surface area contributed by atoms with Gasteiger partial charge >= 0.3 is 12.0 Å². The summed E-state index contributed by atoms with van der Waals surface area (Å²) in [7, 11) is 0. The van der Waals surface area contributed by atoms with Crippen LogP contribution in [0.5, 0.6) is 5.75 Å². The number of carbonyl (C=O) groups excluding carboxylic acids is 3. The lowest BCUT2D eigenvalue weighted by atomic mass is 10.3. The highest BCUT2D eigenvalue weighted by Crippen LogP contribution is 2.15. The molecule has 2 rings (SSSR count). The van der Waals surface area contributed by atoms with Crippen LogP contribution in [-0.2, 0) is 16.1 Å². The maximum Gasteiger partial charge on any atom is 0.375 e. The number of amides is 3. The highest BCUT2D eigenvalue weighted by molar-refractivity contribution is 5.98. The van der Waals surface area contributed by atoms with E-state index >= 15 is 0 Å². The first-order valence-corrected chi connectivity index (χ1v) is 8.05. The van der Waals surface area contributed by atoms with Crippen molar-refractivity contribution < 1.29 is 28.3 Å². The van der Waals surface area contributed by atoms with Crippen LogP contribution >= 0.6 is 0 Å². The van der Waals surface area contributed by atoms with Crippen LogP contribution in [0.3, 0.4) is 0 Å². The lowest BCUT2D eigenvalue weighted by molar-refractivity contribution is -0.128. The summed E-state index contributed by atoms with van der Waals surface area (Å²) in [5.74, 6) is -0.503. The van der Waals surface area contributed by atoms with Gasteiger partial charge in [0.1, 0.15) is 18.1 Å². The van der Waals surface area contributed by atoms with Crippen molar-refractivity contribution in [2.75, 3.05) is 6.54 Å². The van der Waals surface area contributed by atoms with E-state index in [9.17, 15) is 14.4 Å². The van der Waals surface area contributed by atoms with E-state index in [-0.39, 0.29) is 12.4 Å². The van der Waals surface area contributed by atoms with E-state index < -0.39 is 24.0 Å². The van der Waals surface area contributed by atoms with E-state index in [4.69, 9.17) is 13.9 Å². The Bertz CT molecular complexity index is 756. The van der Waals surface area contributed by atoms with Crippen LogP contribution in [0, 0.1) is 0 Å². The number of imide groups is 1. The molecule has 8 heteroatoms. The van der Waals surface area contributed by atoms with Crippen LogP contribution in [0.1, 0.15) is 30.2 Å². The van der Waals surface area contributed by atoms with Gasteiger partial charge in [0.25, 0.3) is 5.91 Å². The van der Waals surface area contributed by atoms with Gasteiger partial charge in [-0.25, -0.2) is 9.59 Å². The topological polar surface area (TPSA) is 107 Å². The van der Waals surface area contributed by atoms with Crippen LogP contribution in [0.4, 0.5) is 4.79 Å². The number of urea groups is 1. The average Bonchev–Trinajstić information content (AvgIpc) is 3.10. The fourth-order valence-corrected chi connectivity index (χ4v) is 1.93. The predicted molar refractivity (Wildman–Crippen MR) is 91.6 cm³/mol. The molecule has 1 atom stereocenters. The summed E-state index contributed by atoms with van der Waals surface area (Å²) in [6, 6.07) is 11.5. The van der Waals surface area contributed by atoms with Gasteiger partial charge in [-0.3, -0.25) is 10.1 Å². The number of hydrogen-bond acceptors (Lipinski definition) is 6. The van der Waals surface area contributed by atoms with E-state index in [0.717, 1.165) is 0 Å². The van der Waals surface area contributed by atoms with E-state index in [1.165, 1.54) is 13.0 Å². The number of hydrogen-bond donors (Lipinski definition) is 2. The molecule has 0 spiro atoms. The molecule has 0 saturated heterocycles. The van der Waals surface area contributed by atoms with Crippen molar-refractivity contribution in [3.8, 4) is 5.75 Å². The van der Waals surface area contributed by atoms with Gasteiger partial charge in [-0.1, -0.05) is 18.2 Å². The Balaban J connectivity index is 1.85. The normalized spacial score (nSPS) is 11.3. The van der Waals surface area contributed by atoms with Crippen molar-refractivity contribution in [3.63, 3.8) is 0 Å². The van der Waals surface area contributed by atoms with E-state index in [1.807, 2.05) is 18.2 Å². The molecule has 8 nitrogen and oxygen atoms in total. The fourth-order valence-electron chi connectivity index (χ4n) is 1.93. The minimum atomic E-state index is -1.15. The molecule has 0 fully saturated rings. The Labute approximate surface area is 150 Å². The number of para-hydroxylation sites is 1. The first kappa shape index (κ1) is 19.0. The standard InChI is InChI=1S/C18H20N2O6/c1-3-19-18(23)20-16(21)12(2)25-17(22)15-10-9-14(26-15)11-24-13-7-5-4-6-8-13/h4-10,12H,3,11H2,1-2H3,(H2,19,20,21,23). The Morgan fingerprint density at radius 3 is 2.54 bits per heavy atom. The minimum Gasteiger partial charge on any atom is -0.486 e. The van der Waals surface area contributed by atoms with E-state index in [2.05, 4.69) is 10.6 Å². The second kappa shape index (κ2) is 9.26. The van der Waals surface area contributed by atoms with Crippen LogP contribution in [-0.4, -0.2) is 30.6 Å². The van der Waals surface area contributed by atoms with Gasteiger partial charge in [0.2, 0.25) is 5.76 Å². The Morgan fingerprint density at radius 2 is 1.85 bits per heavy atom. The molecule has 0 bridgehead atoms. The number of benzene rings is 1. The van der Waals surface area contributed by atoms with Crippen molar-refractivity contribution in [3.05, 3.63) is 54.0 Å². The number of ether oxygens (including phenoxy) is 2. The highest BCUT2D eigenvalue weighted by atomic mass is 16.6. The first-order valence-electron chi connectivity index (χ1n) is 8.05. The molecule has 2 N–H and O–H groups in total. The van der Waals surface area contributed by atoms with Crippen molar-refractivity contribution >= 4 is 17.9 Å². The van der Waals surface area contributed by atoms with Crippen LogP contribution in [0.25, 0.3) is 0 Å². The molecule has 1 aromatic carbocycles. The second-order valence-corrected chi connectivity index (χ2v) is 5.26. The lowest BCUT2D eigenvalue weighted by Crippen LogP contribution is -2.44. The lowest BCUT2D eigenvalue weighted by Gasteiger charge is -2.12. The van der Waals surface area contributed by atoms with E-state index in [0.29, 0.717) is 18.1 Å². The predicted octanol–water partition coefficient (Wildman–Crippen LogP) is 2.25. The Hall–Kier alpha value is -3.29. The zero-order valence-electron chi connectivity index (χ0n) is 14.5. The summed E-state index contributed by atoms with van der Waals surface area (Å²) in [5, 5.41) is 4.47. The molecule has 0 aliphatic heterocycles. The number of nitrogens with one attached hydrogen (secondary N) is 2. The first-order chi connectivity index (χ1) is 12.5. The molecule has 2 aromatic rings. The van der Waals surface area contributed by atoms with Gasteiger partial charge in [-0.05, 0) is 38.1 Å². The van der Waals surface area contributed by atoms with Crippen molar-refractivity contribution in [2.45, 2.75) is 26.6 Å². The van der Waals surface area contributed by atoms with E-state index in [1.54, 1.807) is 25.1 Å². The summed E-state index contributed by atoms with van der Waals surface area (Å²) in [6.45, 7) is 3.58. The molecule has 0 aliphatic carbocycles. The molecule has 1 aromatic heterocycles. The third-order valence-corrected chi connectivity index (χ3v) is 3.21. The number of rotatable bonds is 7. The monoisotopic (exact) mass is 360 g/mol. The fraction of sp³-hybridized carbons (Fsp3) is 0.278. The zero-order chi connectivity index (χ0) is 18.9. The van der Waals surface area contributed by atoms with Gasteiger partial charge in [-0.2, -0.15) is 0 Å². The molecule has 26 heavy (non-hydrogen) atoms. The molecular weight excluding hydrogens is 340 g/mol. The Morgan fingerprint density at radius 1 is 1.12 bits per heavy atom. The molecular formula is C18H20N2O6. The average molecular weight is 360 g/mol. The van der Waals surface area contributed by atoms with Crippen molar-refractivity contribution in [2.24, 2.45) is 0 Å². The maximum absolute atomic E-state index is 12.0. The zero-order valence-corrected chi connectivity index (χ0v) is 14.5. The van der Waals surface area contributed by atoms with Gasteiger partial charge < -0.3 is 19.2 Å². The van der Waals surface area contributed by atoms with Crippen LogP contribution in [0.15, 0.2) is 46.9 Å². The third kappa shape index (κ3) is 5.66. The van der Waals surface area contributed by atoms with Gasteiger partial charge in [-0.15, -0.1) is 0 Å². The van der Waals surface area contributed by atoms with Gasteiger partial charge in [0, 0.05) is 6.54 Å². The van der Waals surface area contributed by atoms with Gasteiger partial charge in [0.15, 0.2) is 6.10 Å². The number of carbonyl (C=O) groups is 3.